The Labute approximate surface area is 138 Å². The summed E-state index contributed by atoms with van der Waals surface area (Å²) in [5.74, 6) is -0.908. The van der Waals surface area contributed by atoms with E-state index in [0.717, 1.165) is 31.6 Å². The maximum absolute atomic E-state index is 12.9. The molecule has 2 rings (SSSR count). The largest absolute Gasteiger partial charge is 0.405 e. The van der Waals surface area contributed by atoms with Crippen LogP contribution in [0.15, 0.2) is 24.3 Å². The predicted octanol–water partition coefficient (Wildman–Crippen LogP) is 2.40. The number of halogens is 4. The Morgan fingerprint density at radius 3 is 2.38 bits per heavy atom. The zero-order chi connectivity index (χ0) is 17.7. The fourth-order valence-electron chi connectivity index (χ4n) is 2.83. The second-order valence-electron chi connectivity index (χ2n) is 6.00. The molecule has 0 aromatic heterocycles. The van der Waals surface area contributed by atoms with Crippen molar-refractivity contribution in [2.75, 3.05) is 38.1 Å². The molecular formula is C16H21F4N3O. The van der Waals surface area contributed by atoms with Gasteiger partial charge in [-0.3, -0.25) is 9.69 Å². The van der Waals surface area contributed by atoms with Crippen LogP contribution in [-0.2, 0) is 4.79 Å². The van der Waals surface area contributed by atoms with E-state index < -0.39 is 18.6 Å². The third-order valence-electron chi connectivity index (χ3n) is 4.16. The van der Waals surface area contributed by atoms with Crippen molar-refractivity contribution < 1.29 is 22.4 Å². The summed E-state index contributed by atoms with van der Waals surface area (Å²) < 4.78 is 49.2. The van der Waals surface area contributed by atoms with Gasteiger partial charge < -0.3 is 10.2 Å². The average Bonchev–Trinajstić information content (AvgIpc) is 2.53. The van der Waals surface area contributed by atoms with Crippen molar-refractivity contribution in [3.8, 4) is 0 Å². The molecule has 0 saturated carbocycles. The number of piperidine rings is 1. The van der Waals surface area contributed by atoms with E-state index in [1.54, 1.807) is 24.1 Å². The lowest BCUT2D eigenvalue weighted by Crippen LogP contribution is -2.47. The third kappa shape index (κ3) is 5.67. The van der Waals surface area contributed by atoms with Crippen molar-refractivity contribution >= 4 is 11.6 Å². The van der Waals surface area contributed by atoms with E-state index in [-0.39, 0.29) is 18.4 Å². The van der Waals surface area contributed by atoms with Gasteiger partial charge in [0.1, 0.15) is 12.4 Å². The quantitative estimate of drug-likeness (QED) is 0.831. The van der Waals surface area contributed by atoms with E-state index in [1.807, 2.05) is 5.32 Å². The fourth-order valence-corrected chi connectivity index (χ4v) is 2.83. The number of hydrogen-bond donors (Lipinski definition) is 1. The monoisotopic (exact) mass is 347 g/mol. The molecule has 1 aliphatic heterocycles. The molecule has 1 N–H and O–H groups in total. The minimum Gasteiger partial charge on any atom is -0.371 e. The molecule has 1 aromatic rings. The standard InChI is InChI=1S/C16H21F4N3O/c1-22(10-15(24)21-11-16(18,19)20)13-6-8-23(9-7-13)14-4-2-12(17)3-5-14/h2-5,13H,6-11H2,1H3,(H,21,24). The van der Waals surface area contributed by atoms with Crippen LogP contribution >= 0.6 is 0 Å². The van der Waals surface area contributed by atoms with Gasteiger partial charge in [0.15, 0.2) is 0 Å². The summed E-state index contributed by atoms with van der Waals surface area (Å²) in [5.41, 5.74) is 0.945. The maximum atomic E-state index is 12.9. The third-order valence-corrected chi connectivity index (χ3v) is 4.16. The van der Waals surface area contributed by atoms with Crippen molar-refractivity contribution in [3.63, 3.8) is 0 Å². The molecule has 1 aromatic carbocycles. The van der Waals surface area contributed by atoms with Crippen molar-refractivity contribution in [1.82, 2.24) is 10.2 Å². The number of nitrogens with one attached hydrogen (secondary N) is 1. The Hall–Kier alpha value is -1.83. The van der Waals surface area contributed by atoms with Gasteiger partial charge in [0, 0.05) is 24.8 Å². The van der Waals surface area contributed by atoms with Crippen LogP contribution in [0.25, 0.3) is 0 Å². The van der Waals surface area contributed by atoms with Crippen molar-refractivity contribution in [2.45, 2.75) is 25.1 Å². The van der Waals surface area contributed by atoms with Crippen molar-refractivity contribution in [3.05, 3.63) is 30.1 Å². The number of alkyl halides is 3. The molecule has 134 valence electrons. The molecule has 0 aliphatic carbocycles. The van der Waals surface area contributed by atoms with Crippen LogP contribution in [0.2, 0.25) is 0 Å². The highest BCUT2D eigenvalue weighted by Gasteiger charge is 2.29. The molecule has 24 heavy (non-hydrogen) atoms. The Bertz CT molecular complexity index is 539. The molecular weight excluding hydrogens is 326 g/mol. The Kier molecular flexibility index (Phi) is 6.04. The van der Waals surface area contributed by atoms with E-state index in [0.29, 0.717) is 0 Å². The van der Waals surface area contributed by atoms with Crippen molar-refractivity contribution in [2.24, 2.45) is 0 Å². The van der Waals surface area contributed by atoms with Crippen LogP contribution in [0.1, 0.15) is 12.8 Å². The highest BCUT2D eigenvalue weighted by molar-refractivity contribution is 5.78. The smallest absolute Gasteiger partial charge is 0.371 e. The second kappa shape index (κ2) is 7.83. The topological polar surface area (TPSA) is 35.6 Å². The number of anilines is 1. The van der Waals surface area contributed by atoms with Gasteiger partial charge in [-0.05, 0) is 44.2 Å². The minimum atomic E-state index is -4.39. The van der Waals surface area contributed by atoms with E-state index in [4.69, 9.17) is 0 Å². The van der Waals surface area contributed by atoms with Crippen LogP contribution in [0, 0.1) is 5.82 Å². The number of likely N-dealkylation sites (N-methyl/N-ethyl adjacent to an activating group) is 1. The Morgan fingerprint density at radius 2 is 1.83 bits per heavy atom. The second-order valence-corrected chi connectivity index (χ2v) is 6.00. The highest BCUT2D eigenvalue weighted by Crippen LogP contribution is 2.22. The number of benzene rings is 1. The Morgan fingerprint density at radius 1 is 1.25 bits per heavy atom. The first-order valence-electron chi connectivity index (χ1n) is 7.79. The summed E-state index contributed by atoms with van der Waals surface area (Å²) in [6.45, 7) is 0.148. The molecule has 0 atom stereocenters. The SMILES string of the molecule is CN(CC(=O)NCC(F)(F)F)C1CCN(c2ccc(F)cc2)CC1. The lowest BCUT2D eigenvalue weighted by atomic mass is 10.0. The summed E-state index contributed by atoms with van der Waals surface area (Å²) >= 11 is 0. The molecule has 1 fully saturated rings. The molecule has 1 amide bonds. The van der Waals surface area contributed by atoms with Gasteiger partial charge in [0.2, 0.25) is 5.91 Å². The molecule has 1 aliphatic rings. The van der Waals surface area contributed by atoms with Crippen LogP contribution in [0.4, 0.5) is 23.2 Å². The molecule has 0 bridgehead atoms. The maximum Gasteiger partial charge on any atom is 0.405 e. The fraction of sp³-hybridized carbons (Fsp3) is 0.562. The van der Waals surface area contributed by atoms with Gasteiger partial charge in [-0.25, -0.2) is 4.39 Å². The molecule has 0 unspecified atom stereocenters. The zero-order valence-electron chi connectivity index (χ0n) is 13.4. The molecule has 1 saturated heterocycles. The number of hydrogen-bond acceptors (Lipinski definition) is 3. The predicted molar refractivity (Wildman–Crippen MR) is 83.3 cm³/mol. The van der Waals surface area contributed by atoms with E-state index in [2.05, 4.69) is 4.90 Å². The summed E-state index contributed by atoms with van der Waals surface area (Å²) in [5, 5.41) is 1.88. The van der Waals surface area contributed by atoms with E-state index in [1.165, 1.54) is 12.1 Å². The Balaban J connectivity index is 1.77. The highest BCUT2D eigenvalue weighted by atomic mass is 19.4. The van der Waals surface area contributed by atoms with Crippen LogP contribution in [0.5, 0.6) is 0 Å². The van der Waals surface area contributed by atoms with Gasteiger partial charge in [-0.2, -0.15) is 13.2 Å². The molecule has 0 radical (unpaired) electrons. The van der Waals surface area contributed by atoms with Gasteiger partial charge in [0.05, 0.1) is 6.54 Å². The lowest BCUT2D eigenvalue weighted by molar-refractivity contribution is -0.139. The van der Waals surface area contributed by atoms with Crippen LogP contribution in [-0.4, -0.2) is 56.3 Å². The summed E-state index contributed by atoms with van der Waals surface area (Å²) in [7, 11) is 1.74. The van der Waals surface area contributed by atoms with Gasteiger partial charge >= 0.3 is 6.18 Å². The first kappa shape index (κ1) is 18.5. The zero-order valence-corrected chi connectivity index (χ0v) is 13.4. The molecule has 0 spiro atoms. The summed E-state index contributed by atoms with van der Waals surface area (Å²) in [6, 6.07) is 6.42. The summed E-state index contributed by atoms with van der Waals surface area (Å²) in [4.78, 5) is 15.5. The first-order valence-corrected chi connectivity index (χ1v) is 7.79. The van der Waals surface area contributed by atoms with Crippen LogP contribution < -0.4 is 10.2 Å². The minimum absolute atomic E-state index is 0.0582. The van der Waals surface area contributed by atoms with Crippen molar-refractivity contribution in [1.29, 1.82) is 0 Å². The number of nitrogens with zero attached hydrogens (tertiary/aromatic N) is 2. The van der Waals surface area contributed by atoms with Gasteiger partial charge in [-0.15, -0.1) is 0 Å². The molecule has 8 heteroatoms. The first-order chi connectivity index (χ1) is 11.2. The van der Waals surface area contributed by atoms with Crippen LogP contribution in [0.3, 0.4) is 0 Å². The molecule has 4 nitrogen and oxygen atoms in total. The average molecular weight is 347 g/mol. The van der Waals surface area contributed by atoms with E-state index in [9.17, 15) is 22.4 Å². The normalized spacial score (nSPS) is 16.5. The number of rotatable bonds is 5. The van der Waals surface area contributed by atoms with Gasteiger partial charge in [-0.1, -0.05) is 0 Å². The van der Waals surface area contributed by atoms with E-state index >= 15 is 0 Å². The van der Waals surface area contributed by atoms with Gasteiger partial charge in [0.25, 0.3) is 0 Å². The summed E-state index contributed by atoms with van der Waals surface area (Å²) in [6.07, 6.45) is -2.81. The molecule has 1 heterocycles. The lowest BCUT2D eigenvalue weighted by Gasteiger charge is -2.37. The number of carbonyl (C=O) groups is 1. The number of carbonyl (C=O) groups excluding carboxylic acids is 1. The number of amides is 1.